The van der Waals surface area contributed by atoms with Crippen molar-refractivity contribution in [3.63, 3.8) is 0 Å². The van der Waals surface area contributed by atoms with Gasteiger partial charge in [-0.05, 0) is 51.3 Å². The van der Waals surface area contributed by atoms with E-state index in [-0.39, 0.29) is 0 Å². The average Bonchev–Trinajstić information content (AvgIpc) is 2.21. The van der Waals surface area contributed by atoms with Gasteiger partial charge in [-0.25, -0.2) is 0 Å². The molecule has 0 amide bonds. The Balaban J connectivity index is 2.87. The van der Waals surface area contributed by atoms with Crippen LogP contribution in [-0.4, -0.2) is 23.9 Å². The topological polar surface area (TPSA) is 29.5 Å². The van der Waals surface area contributed by atoms with E-state index in [1.165, 1.54) is 22.3 Å². The van der Waals surface area contributed by atoms with Crippen molar-refractivity contribution < 1.29 is 9.84 Å². The molecular weight excluding hydrogens is 212 g/mol. The van der Waals surface area contributed by atoms with Gasteiger partial charge in [0.2, 0.25) is 0 Å². The maximum Gasteiger partial charge on any atom is 0.0892 e. The molecule has 1 unspecified atom stereocenters. The summed E-state index contributed by atoms with van der Waals surface area (Å²) in [6, 6.07) is 4.33. The zero-order valence-electron chi connectivity index (χ0n) is 11.6. The highest BCUT2D eigenvalue weighted by Gasteiger charge is 2.23. The van der Waals surface area contributed by atoms with E-state index >= 15 is 0 Å². The largest absolute Gasteiger partial charge is 0.387 e. The monoisotopic (exact) mass is 236 g/mol. The molecule has 0 radical (unpaired) electrons. The lowest BCUT2D eigenvalue weighted by molar-refractivity contribution is -0.0298. The van der Waals surface area contributed by atoms with Crippen LogP contribution in [0.15, 0.2) is 12.1 Å². The Bertz CT molecular complexity index is 358. The lowest BCUT2D eigenvalue weighted by Gasteiger charge is -2.25. The quantitative estimate of drug-likeness (QED) is 0.851. The zero-order valence-corrected chi connectivity index (χ0v) is 11.6. The van der Waals surface area contributed by atoms with E-state index in [9.17, 15) is 5.11 Å². The summed E-state index contributed by atoms with van der Waals surface area (Å²) in [7, 11) is 0. The second-order valence-corrected chi connectivity index (χ2v) is 5.19. The van der Waals surface area contributed by atoms with Gasteiger partial charge in [-0.1, -0.05) is 17.7 Å². The molecule has 1 aromatic carbocycles. The summed E-state index contributed by atoms with van der Waals surface area (Å²) < 4.78 is 5.32. The molecule has 2 nitrogen and oxygen atoms in total. The Morgan fingerprint density at radius 1 is 1.18 bits per heavy atom. The third-order valence-electron chi connectivity index (χ3n) is 3.02. The second kappa shape index (κ2) is 5.65. The van der Waals surface area contributed by atoms with E-state index in [2.05, 4.69) is 32.9 Å². The van der Waals surface area contributed by atoms with E-state index in [4.69, 9.17) is 4.74 Å². The number of aryl methyl sites for hydroxylation is 3. The smallest absolute Gasteiger partial charge is 0.0892 e. The molecule has 0 aliphatic heterocycles. The maximum atomic E-state index is 10.3. The first-order valence-corrected chi connectivity index (χ1v) is 6.22. The first kappa shape index (κ1) is 14.2. The van der Waals surface area contributed by atoms with Crippen molar-refractivity contribution in [2.75, 3.05) is 13.2 Å². The Morgan fingerprint density at radius 2 is 1.71 bits per heavy atom. The molecule has 0 aromatic heterocycles. The molecule has 0 saturated heterocycles. The van der Waals surface area contributed by atoms with E-state index in [0.29, 0.717) is 19.6 Å². The number of hydrogen-bond acceptors (Lipinski definition) is 2. The highest BCUT2D eigenvalue weighted by atomic mass is 16.5. The van der Waals surface area contributed by atoms with Crippen molar-refractivity contribution >= 4 is 0 Å². The van der Waals surface area contributed by atoms with Crippen LogP contribution in [0.5, 0.6) is 0 Å². The van der Waals surface area contributed by atoms with Crippen molar-refractivity contribution in [3.05, 3.63) is 34.4 Å². The minimum absolute atomic E-state index is 0.385. The third-order valence-corrected chi connectivity index (χ3v) is 3.02. The van der Waals surface area contributed by atoms with Crippen molar-refractivity contribution in [2.45, 2.75) is 46.6 Å². The molecule has 17 heavy (non-hydrogen) atoms. The Morgan fingerprint density at radius 3 is 2.18 bits per heavy atom. The number of aliphatic hydroxyl groups is 1. The second-order valence-electron chi connectivity index (χ2n) is 5.19. The standard InChI is InChI=1S/C15H24O2/c1-6-17-10-15(5,16)9-14-12(3)7-11(2)8-13(14)4/h7-8,16H,6,9-10H2,1-5H3. The van der Waals surface area contributed by atoms with Gasteiger partial charge in [-0.2, -0.15) is 0 Å². The fraction of sp³-hybridized carbons (Fsp3) is 0.600. The third kappa shape index (κ3) is 4.14. The predicted molar refractivity (Wildman–Crippen MR) is 71.5 cm³/mol. The fourth-order valence-corrected chi connectivity index (χ4v) is 2.24. The van der Waals surface area contributed by atoms with Gasteiger partial charge in [0.25, 0.3) is 0 Å². The van der Waals surface area contributed by atoms with Gasteiger partial charge < -0.3 is 9.84 Å². The predicted octanol–water partition coefficient (Wildman–Crippen LogP) is 2.94. The van der Waals surface area contributed by atoms with Crippen LogP contribution in [0.3, 0.4) is 0 Å². The highest BCUT2D eigenvalue weighted by molar-refractivity contribution is 5.38. The molecule has 2 heteroatoms. The molecule has 0 saturated carbocycles. The molecule has 1 rings (SSSR count). The molecule has 96 valence electrons. The van der Waals surface area contributed by atoms with Crippen molar-refractivity contribution in [3.8, 4) is 0 Å². The fourth-order valence-electron chi connectivity index (χ4n) is 2.24. The van der Waals surface area contributed by atoms with Crippen molar-refractivity contribution in [2.24, 2.45) is 0 Å². The maximum absolute atomic E-state index is 10.3. The minimum Gasteiger partial charge on any atom is -0.387 e. The number of ether oxygens (including phenoxy) is 1. The Labute approximate surface area is 105 Å². The summed E-state index contributed by atoms with van der Waals surface area (Å²) in [5, 5.41) is 10.3. The average molecular weight is 236 g/mol. The molecule has 0 heterocycles. The number of rotatable bonds is 5. The first-order valence-electron chi connectivity index (χ1n) is 6.22. The molecule has 1 atom stereocenters. The van der Waals surface area contributed by atoms with Crippen LogP contribution in [0.1, 0.15) is 36.1 Å². The summed E-state index contributed by atoms with van der Waals surface area (Å²) in [5.41, 5.74) is 4.22. The van der Waals surface area contributed by atoms with Crippen LogP contribution < -0.4 is 0 Å². The molecular formula is C15H24O2. The van der Waals surface area contributed by atoms with E-state index in [1.807, 2.05) is 13.8 Å². The first-order chi connectivity index (χ1) is 7.85. The Kier molecular flexibility index (Phi) is 4.72. The van der Waals surface area contributed by atoms with Gasteiger partial charge in [0.05, 0.1) is 12.2 Å². The van der Waals surface area contributed by atoms with Crippen LogP contribution >= 0.6 is 0 Å². The molecule has 1 N–H and O–H groups in total. The molecule has 0 aliphatic rings. The van der Waals surface area contributed by atoms with Gasteiger partial charge in [-0.15, -0.1) is 0 Å². The molecule has 0 bridgehead atoms. The molecule has 0 spiro atoms. The Hall–Kier alpha value is -0.860. The van der Waals surface area contributed by atoms with Gasteiger partial charge in [0.1, 0.15) is 0 Å². The van der Waals surface area contributed by atoms with Gasteiger partial charge in [-0.3, -0.25) is 0 Å². The van der Waals surface area contributed by atoms with Crippen molar-refractivity contribution in [1.29, 1.82) is 0 Å². The summed E-state index contributed by atoms with van der Waals surface area (Å²) in [6.07, 6.45) is 0.644. The summed E-state index contributed by atoms with van der Waals surface area (Å²) in [5.74, 6) is 0. The van der Waals surface area contributed by atoms with Gasteiger partial charge in [0, 0.05) is 13.0 Å². The lowest BCUT2D eigenvalue weighted by Crippen LogP contribution is -2.34. The van der Waals surface area contributed by atoms with Gasteiger partial charge in [0.15, 0.2) is 0 Å². The van der Waals surface area contributed by atoms with Crippen LogP contribution in [-0.2, 0) is 11.2 Å². The highest BCUT2D eigenvalue weighted by Crippen LogP contribution is 2.22. The minimum atomic E-state index is -0.791. The summed E-state index contributed by atoms with van der Waals surface area (Å²) >= 11 is 0. The lowest BCUT2D eigenvalue weighted by atomic mass is 9.90. The van der Waals surface area contributed by atoms with Gasteiger partial charge >= 0.3 is 0 Å². The number of hydrogen-bond donors (Lipinski definition) is 1. The van der Waals surface area contributed by atoms with Crippen LogP contribution in [0, 0.1) is 20.8 Å². The van der Waals surface area contributed by atoms with Crippen LogP contribution in [0.25, 0.3) is 0 Å². The van der Waals surface area contributed by atoms with E-state index in [0.717, 1.165) is 0 Å². The summed E-state index contributed by atoms with van der Waals surface area (Å²) in [4.78, 5) is 0. The van der Waals surface area contributed by atoms with E-state index < -0.39 is 5.60 Å². The molecule has 1 aromatic rings. The molecule has 0 fully saturated rings. The zero-order chi connectivity index (χ0) is 13.1. The SMILES string of the molecule is CCOCC(C)(O)Cc1c(C)cc(C)cc1C. The van der Waals surface area contributed by atoms with Crippen LogP contribution in [0.2, 0.25) is 0 Å². The van der Waals surface area contributed by atoms with Crippen molar-refractivity contribution in [1.82, 2.24) is 0 Å². The van der Waals surface area contributed by atoms with E-state index in [1.54, 1.807) is 0 Å². The molecule has 0 aliphatic carbocycles. The summed E-state index contributed by atoms with van der Waals surface area (Å²) in [6.45, 7) is 11.1. The van der Waals surface area contributed by atoms with Crippen LogP contribution in [0.4, 0.5) is 0 Å². The normalized spacial score (nSPS) is 14.7. The number of benzene rings is 1.